The van der Waals surface area contributed by atoms with E-state index in [1.807, 2.05) is 4.90 Å². The summed E-state index contributed by atoms with van der Waals surface area (Å²) in [7, 11) is 0. The molecule has 0 saturated carbocycles. The molecule has 2 rings (SSSR count). The van der Waals surface area contributed by atoms with Crippen molar-refractivity contribution < 1.29 is 4.79 Å². The smallest absolute Gasteiger partial charge is 0.240 e. The summed E-state index contributed by atoms with van der Waals surface area (Å²) in [5.41, 5.74) is 1.16. The highest BCUT2D eigenvalue weighted by molar-refractivity contribution is 5.81. The van der Waals surface area contributed by atoms with E-state index in [9.17, 15) is 4.79 Å². The third kappa shape index (κ3) is 0.743. The fourth-order valence-electron chi connectivity index (χ4n) is 1.46. The summed E-state index contributed by atoms with van der Waals surface area (Å²) in [5, 5.41) is 3.05. The lowest BCUT2D eigenvalue weighted by molar-refractivity contribution is -0.129. The van der Waals surface area contributed by atoms with Gasteiger partial charge < -0.3 is 10.2 Å². The summed E-state index contributed by atoms with van der Waals surface area (Å²) in [4.78, 5) is 13.0. The van der Waals surface area contributed by atoms with Crippen molar-refractivity contribution in [3.8, 4) is 0 Å². The van der Waals surface area contributed by atoms with Crippen molar-refractivity contribution in [1.82, 2.24) is 10.2 Å². The van der Waals surface area contributed by atoms with Crippen molar-refractivity contribution >= 4 is 5.91 Å². The van der Waals surface area contributed by atoms with Crippen LogP contribution < -0.4 is 5.32 Å². The number of nitrogens with zero attached hydrogens (tertiary/aromatic N) is 1. The number of carbonyl (C=O) groups is 1. The van der Waals surface area contributed by atoms with E-state index in [1.54, 1.807) is 0 Å². The maximum Gasteiger partial charge on any atom is 0.240 e. The first kappa shape index (κ1) is 5.92. The van der Waals surface area contributed by atoms with Crippen molar-refractivity contribution in [2.24, 2.45) is 0 Å². The van der Waals surface area contributed by atoms with Crippen LogP contribution in [-0.2, 0) is 4.79 Å². The molecule has 54 valence electrons. The van der Waals surface area contributed by atoms with E-state index in [0.717, 1.165) is 25.2 Å². The first-order valence-electron chi connectivity index (χ1n) is 3.58. The molecule has 0 atom stereocenters. The zero-order valence-corrected chi connectivity index (χ0v) is 5.76. The minimum Gasteiger partial charge on any atom is -0.314 e. The summed E-state index contributed by atoms with van der Waals surface area (Å²) in [6, 6.07) is 0. The molecule has 0 aliphatic carbocycles. The topological polar surface area (TPSA) is 32.3 Å². The molecule has 0 spiro atoms. The van der Waals surface area contributed by atoms with Crippen LogP contribution in [0.1, 0.15) is 6.42 Å². The van der Waals surface area contributed by atoms with E-state index in [1.165, 1.54) is 0 Å². The van der Waals surface area contributed by atoms with Crippen LogP contribution in [0.2, 0.25) is 0 Å². The molecule has 1 saturated heterocycles. The Morgan fingerprint density at radius 3 is 3.20 bits per heavy atom. The van der Waals surface area contributed by atoms with Crippen LogP contribution >= 0.6 is 0 Å². The number of piperazine rings is 1. The van der Waals surface area contributed by atoms with Crippen LogP contribution in [0, 0.1) is 0 Å². The molecule has 2 heterocycles. The number of hydrogen-bond donors (Lipinski definition) is 1. The average molecular weight is 138 g/mol. The first-order chi connectivity index (χ1) is 4.88. The number of rotatable bonds is 0. The molecular formula is C7H10N2O. The predicted molar refractivity (Wildman–Crippen MR) is 37.3 cm³/mol. The number of nitrogens with one attached hydrogen (secondary N) is 1. The Kier molecular flexibility index (Phi) is 1.24. The third-order valence-electron chi connectivity index (χ3n) is 1.96. The fraction of sp³-hybridized carbons (Fsp3) is 0.571. The second-order valence-electron chi connectivity index (χ2n) is 2.63. The maximum atomic E-state index is 11.1. The molecule has 2 aliphatic heterocycles. The average Bonchev–Trinajstić information content (AvgIpc) is 2.36. The van der Waals surface area contributed by atoms with Gasteiger partial charge in [0, 0.05) is 18.8 Å². The Hall–Kier alpha value is -0.830. The molecule has 1 amide bonds. The summed E-state index contributed by atoms with van der Waals surface area (Å²) < 4.78 is 0. The lowest BCUT2D eigenvalue weighted by atomic mass is 10.3. The van der Waals surface area contributed by atoms with Crippen molar-refractivity contribution in [2.45, 2.75) is 6.42 Å². The van der Waals surface area contributed by atoms with Gasteiger partial charge in [-0.3, -0.25) is 4.79 Å². The number of carbonyl (C=O) groups excluding carboxylic acids is 1. The molecule has 0 radical (unpaired) electrons. The normalized spacial score (nSPS) is 24.6. The lowest BCUT2D eigenvalue weighted by Crippen LogP contribution is -2.44. The second-order valence-corrected chi connectivity index (χ2v) is 2.63. The number of hydrogen-bond acceptors (Lipinski definition) is 2. The maximum absolute atomic E-state index is 11.1. The first-order valence-corrected chi connectivity index (χ1v) is 3.58. The van der Waals surface area contributed by atoms with Crippen LogP contribution in [0.25, 0.3) is 0 Å². The molecule has 1 fully saturated rings. The van der Waals surface area contributed by atoms with Crippen LogP contribution in [0.4, 0.5) is 0 Å². The van der Waals surface area contributed by atoms with Crippen molar-refractivity contribution in [1.29, 1.82) is 0 Å². The van der Waals surface area contributed by atoms with E-state index in [2.05, 4.69) is 11.4 Å². The second kappa shape index (κ2) is 2.09. The van der Waals surface area contributed by atoms with Crippen LogP contribution in [0.3, 0.4) is 0 Å². The number of amides is 1. The molecular weight excluding hydrogens is 128 g/mol. The summed E-state index contributed by atoms with van der Waals surface area (Å²) in [6.45, 7) is 2.28. The summed E-state index contributed by atoms with van der Waals surface area (Å²) in [5.74, 6) is 0.218. The van der Waals surface area contributed by atoms with Gasteiger partial charge in [0.05, 0.1) is 6.54 Å². The summed E-state index contributed by atoms with van der Waals surface area (Å²) in [6.07, 6.45) is 3.16. The molecule has 1 N–H and O–H groups in total. The van der Waals surface area contributed by atoms with Gasteiger partial charge in [-0.15, -0.1) is 0 Å². The van der Waals surface area contributed by atoms with E-state index < -0.39 is 0 Å². The monoisotopic (exact) mass is 138 g/mol. The van der Waals surface area contributed by atoms with Crippen molar-refractivity contribution in [3.05, 3.63) is 11.8 Å². The van der Waals surface area contributed by atoms with Gasteiger partial charge in [-0.25, -0.2) is 0 Å². The highest BCUT2D eigenvalue weighted by atomic mass is 16.2. The predicted octanol–water partition coefficient (Wildman–Crippen LogP) is -0.294. The van der Waals surface area contributed by atoms with Crippen LogP contribution in [0.15, 0.2) is 11.8 Å². The zero-order chi connectivity index (χ0) is 6.97. The highest BCUT2D eigenvalue weighted by Gasteiger charge is 2.24. The lowest BCUT2D eigenvalue weighted by Gasteiger charge is -2.25. The molecule has 3 nitrogen and oxygen atoms in total. The van der Waals surface area contributed by atoms with Gasteiger partial charge in [0.25, 0.3) is 0 Å². The zero-order valence-electron chi connectivity index (χ0n) is 5.76. The largest absolute Gasteiger partial charge is 0.314 e. The Balaban J connectivity index is 2.21. The Bertz CT molecular complexity index is 198. The minimum atomic E-state index is 0.218. The van der Waals surface area contributed by atoms with Gasteiger partial charge in [-0.05, 0) is 6.42 Å². The van der Waals surface area contributed by atoms with E-state index >= 15 is 0 Å². The standard InChI is InChI=1S/C7H10N2O/c10-7-5-8-4-6-2-1-3-9(6)7/h2,8H,1,3-5H2. The van der Waals surface area contributed by atoms with E-state index in [4.69, 9.17) is 0 Å². The number of fused-ring (bicyclic) bond motifs is 1. The molecule has 10 heavy (non-hydrogen) atoms. The molecule has 0 unspecified atom stereocenters. The van der Waals surface area contributed by atoms with E-state index in [0.29, 0.717) is 6.54 Å². The third-order valence-corrected chi connectivity index (χ3v) is 1.96. The van der Waals surface area contributed by atoms with Crippen LogP contribution in [0.5, 0.6) is 0 Å². The molecule has 0 aromatic heterocycles. The summed E-state index contributed by atoms with van der Waals surface area (Å²) >= 11 is 0. The van der Waals surface area contributed by atoms with Crippen molar-refractivity contribution in [3.63, 3.8) is 0 Å². The molecule has 3 heteroatoms. The van der Waals surface area contributed by atoms with Gasteiger partial charge in [-0.1, -0.05) is 6.08 Å². The van der Waals surface area contributed by atoms with Gasteiger partial charge in [0.15, 0.2) is 0 Å². The minimum absolute atomic E-state index is 0.218. The molecule has 0 aromatic rings. The molecule has 0 bridgehead atoms. The van der Waals surface area contributed by atoms with Gasteiger partial charge in [0.2, 0.25) is 5.91 Å². The van der Waals surface area contributed by atoms with Gasteiger partial charge in [-0.2, -0.15) is 0 Å². The molecule has 0 aromatic carbocycles. The van der Waals surface area contributed by atoms with Crippen molar-refractivity contribution in [2.75, 3.05) is 19.6 Å². The molecule has 2 aliphatic rings. The quantitative estimate of drug-likeness (QED) is 0.498. The fourth-order valence-corrected chi connectivity index (χ4v) is 1.46. The van der Waals surface area contributed by atoms with Gasteiger partial charge in [0.1, 0.15) is 0 Å². The Labute approximate surface area is 59.7 Å². The van der Waals surface area contributed by atoms with Gasteiger partial charge >= 0.3 is 0 Å². The van der Waals surface area contributed by atoms with Crippen LogP contribution in [-0.4, -0.2) is 30.4 Å². The Morgan fingerprint density at radius 2 is 2.40 bits per heavy atom. The Morgan fingerprint density at radius 1 is 1.50 bits per heavy atom. The SMILES string of the molecule is O=C1CNCC2=CCCN12. The van der Waals surface area contributed by atoms with E-state index in [-0.39, 0.29) is 5.91 Å². The highest BCUT2D eigenvalue weighted by Crippen LogP contribution is 2.15.